The molecule has 1 aromatic rings. The third kappa shape index (κ3) is 2.40. The smallest absolute Gasteiger partial charge is 0.0728 e. The molecule has 0 atom stereocenters. The van der Waals surface area contributed by atoms with E-state index in [1.165, 1.54) is 16.7 Å². The van der Waals surface area contributed by atoms with Crippen LogP contribution in [0.25, 0.3) is 0 Å². The Morgan fingerprint density at radius 2 is 2.12 bits per heavy atom. The molecule has 0 aromatic heterocycles. The fraction of sp³-hybridized carbons (Fsp3) is 0.538. The minimum absolute atomic E-state index is 0.114. The van der Waals surface area contributed by atoms with Crippen LogP contribution < -0.4 is 0 Å². The van der Waals surface area contributed by atoms with Crippen LogP contribution in [0.15, 0.2) is 12.1 Å². The Hall–Kier alpha value is -0.570. The number of aliphatic hydroxyl groups is 1. The summed E-state index contributed by atoms with van der Waals surface area (Å²) in [5, 5.41) is 9.46. The molecule has 0 spiro atoms. The maximum absolute atomic E-state index is 9.46. The molecular weight excluding hydrogens is 224 g/mol. The van der Waals surface area contributed by atoms with E-state index in [1.807, 2.05) is 0 Å². The average molecular weight is 241 g/mol. The maximum atomic E-state index is 9.46. The Labute approximate surface area is 101 Å². The van der Waals surface area contributed by atoms with Crippen LogP contribution in [0.4, 0.5) is 0 Å². The molecule has 3 heteroatoms. The van der Waals surface area contributed by atoms with E-state index in [2.05, 4.69) is 12.1 Å². The monoisotopic (exact) mass is 240 g/mol. The molecule has 2 nitrogen and oxygen atoms in total. The second-order valence-corrected chi connectivity index (χ2v) is 4.52. The van der Waals surface area contributed by atoms with Crippen LogP contribution in [0.2, 0.25) is 0 Å². The number of alkyl halides is 1. The van der Waals surface area contributed by atoms with Crippen molar-refractivity contribution >= 4 is 11.6 Å². The first-order chi connectivity index (χ1) is 7.86. The number of unbranched alkanes of at least 4 members (excludes halogenated alkanes) is 1. The summed E-state index contributed by atoms with van der Waals surface area (Å²) in [6.45, 7) is 1.45. The lowest BCUT2D eigenvalue weighted by Crippen LogP contribution is -2.00. The predicted molar refractivity (Wildman–Crippen MR) is 64.5 cm³/mol. The van der Waals surface area contributed by atoms with Crippen LogP contribution >= 0.6 is 11.6 Å². The molecule has 0 saturated heterocycles. The number of halogens is 1. The number of rotatable bonds is 5. The van der Waals surface area contributed by atoms with Crippen LogP contribution in [0.3, 0.4) is 0 Å². The molecular formula is C13H17ClO2. The number of aryl methyl sites for hydroxylation is 1. The zero-order chi connectivity index (χ0) is 11.4. The molecule has 1 aliphatic rings. The largest absolute Gasteiger partial charge is 0.392 e. The lowest BCUT2D eigenvalue weighted by Gasteiger charge is -2.11. The van der Waals surface area contributed by atoms with E-state index in [-0.39, 0.29) is 6.61 Å². The standard InChI is InChI=1S/C13H17ClO2/c14-6-2-1-3-10-4-5-11-8-16-9-13(11)12(10)7-15/h4-5,15H,1-3,6-9H2. The van der Waals surface area contributed by atoms with Crippen molar-refractivity contribution < 1.29 is 9.84 Å². The molecule has 1 N–H and O–H groups in total. The first kappa shape index (κ1) is 11.9. The summed E-state index contributed by atoms with van der Waals surface area (Å²) in [4.78, 5) is 0. The third-order valence-electron chi connectivity index (χ3n) is 3.12. The molecule has 1 aromatic carbocycles. The third-order valence-corrected chi connectivity index (χ3v) is 3.38. The molecule has 0 bridgehead atoms. The topological polar surface area (TPSA) is 29.5 Å². The van der Waals surface area contributed by atoms with Crippen molar-refractivity contribution in [2.24, 2.45) is 0 Å². The second kappa shape index (κ2) is 5.67. The molecule has 2 rings (SSSR count). The number of hydrogen-bond donors (Lipinski definition) is 1. The van der Waals surface area contributed by atoms with Crippen molar-refractivity contribution in [3.63, 3.8) is 0 Å². The summed E-state index contributed by atoms with van der Waals surface area (Å²) in [6, 6.07) is 4.24. The highest BCUT2D eigenvalue weighted by atomic mass is 35.5. The quantitative estimate of drug-likeness (QED) is 0.634. The van der Waals surface area contributed by atoms with Crippen LogP contribution in [-0.2, 0) is 31.0 Å². The summed E-state index contributed by atoms with van der Waals surface area (Å²) in [5.74, 6) is 0.711. The Balaban J connectivity index is 2.18. The van der Waals surface area contributed by atoms with Gasteiger partial charge in [-0.3, -0.25) is 0 Å². The van der Waals surface area contributed by atoms with Gasteiger partial charge in [0.1, 0.15) is 0 Å². The predicted octanol–water partition coefficient (Wildman–Crippen LogP) is 2.77. The number of aliphatic hydroxyl groups excluding tert-OH is 1. The van der Waals surface area contributed by atoms with Gasteiger partial charge in [-0.15, -0.1) is 11.6 Å². The highest BCUT2D eigenvalue weighted by Crippen LogP contribution is 2.27. The number of fused-ring (bicyclic) bond motifs is 1. The van der Waals surface area contributed by atoms with Gasteiger partial charge in [0.15, 0.2) is 0 Å². The van der Waals surface area contributed by atoms with E-state index in [9.17, 15) is 5.11 Å². The minimum Gasteiger partial charge on any atom is -0.392 e. The highest BCUT2D eigenvalue weighted by Gasteiger charge is 2.17. The Morgan fingerprint density at radius 1 is 1.25 bits per heavy atom. The molecule has 0 fully saturated rings. The van der Waals surface area contributed by atoms with Gasteiger partial charge in [-0.25, -0.2) is 0 Å². The summed E-state index contributed by atoms with van der Waals surface area (Å²) in [5.41, 5.74) is 4.75. The summed E-state index contributed by atoms with van der Waals surface area (Å²) >= 11 is 5.67. The summed E-state index contributed by atoms with van der Waals surface area (Å²) in [7, 11) is 0. The van der Waals surface area contributed by atoms with Gasteiger partial charge < -0.3 is 9.84 Å². The fourth-order valence-corrected chi connectivity index (χ4v) is 2.40. The first-order valence-corrected chi connectivity index (χ1v) is 6.27. The molecule has 1 aliphatic heterocycles. The van der Waals surface area contributed by atoms with Crippen molar-refractivity contribution in [1.82, 2.24) is 0 Å². The summed E-state index contributed by atoms with van der Waals surface area (Å²) < 4.78 is 5.41. The highest BCUT2D eigenvalue weighted by molar-refractivity contribution is 6.17. The lowest BCUT2D eigenvalue weighted by molar-refractivity contribution is 0.133. The van der Waals surface area contributed by atoms with Crippen LogP contribution in [0, 0.1) is 0 Å². The van der Waals surface area contributed by atoms with Crippen molar-refractivity contribution in [1.29, 1.82) is 0 Å². The molecule has 0 saturated carbocycles. The van der Waals surface area contributed by atoms with Gasteiger partial charge in [-0.1, -0.05) is 12.1 Å². The maximum Gasteiger partial charge on any atom is 0.0728 e. The van der Waals surface area contributed by atoms with Gasteiger partial charge in [0, 0.05) is 5.88 Å². The van der Waals surface area contributed by atoms with Gasteiger partial charge in [-0.05, 0) is 41.5 Å². The van der Waals surface area contributed by atoms with Gasteiger partial charge in [0.2, 0.25) is 0 Å². The van der Waals surface area contributed by atoms with Crippen molar-refractivity contribution in [2.45, 2.75) is 39.1 Å². The zero-order valence-electron chi connectivity index (χ0n) is 9.34. The van der Waals surface area contributed by atoms with Gasteiger partial charge in [0.05, 0.1) is 19.8 Å². The molecule has 0 amide bonds. The normalized spacial score (nSPS) is 14.1. The number of hydrogen-bond acceptors (Lipinski definition) is 2. The van der Waals surface area contributed by atoms with Gasteiger partial charge in [-0.2, -0.15) is 0 Å². The molecule has 88 valence electrons. The SMILES string of the molecule is OCc1c(CCCCCl)ccc2c1COC2. The van der Waals surface area contributed by atoms with E-state index in [0.29, 0.717) is 19.1 Å². The fourth-order valence-electron chi connectivity index (χ4n) is 2.21. The van der Waals surface area contributed by atoms with E-state index in [4.69, 9.17) is 16.3 Å². The molecule has 16 heavy (non-hydrogen) atoms. The van der Waals surface area contributed by atoms with Crippen LogP contribution in [0.1, 0.15) is 35.1 Å². The Kier molecular flexibility index (Phi) is 4.22. The average Bonchev–Trinajstić information content (AvgIpc) is 2.77. The van der Waals surface area contributed by atoms with Crippen LogP contribution in [0.5, 0.6) is 0 Å². The van der Waals surface area contributed by atoms with Crippen molar-refractivity contribution in [3.8, 4) is 0 Å². The van der Waals surface area contributed by atoms with E-state index in [1.54, 1.807) is 0 Å². The zero-order valence-corrected chi connectivity index (χ0v) is 10.1. The van der Waals surface area contributed by atoms with E-state index < -0.39 is 0 Å². The van der Waals surface area contributed by atoms with Gasteiger partial charge in [0.25, 0.3) is 0 Å². The first-order valence-electron chi connectivity index (χ1n) is 5.74. The Bertz CT molecular complexity index is 363. The molecule has 0 radical (unpaired) electrons. The van der Waals surface area contributed by atoms with E-state index in [0.717, 1.165) is 24.8 Å². The summed E-state index contributed by atoms with van der Waals surface area (Å²) in [6.07, 6.45) is 3.10. The van der Waals surface area contributed by atoms with Crippen molar-refractivity contribution in [3.05, 3.63) is 34.4 Å². The van der Waals surface area contributed by atoms with Crippen LogP contribution in [-0.4, -0.2) is 11.0 Å². The number of ether oxygens (including phenoxy) is 1. The molecule has 0 aliphatic carbocycles. The lowest BCUT2D eigenvalue weighted by atomic mass is 9.95. The van der Waals surface area contributed by atoms with Gasteiger partial charge >= 0.3 is 0 Å². The molecule has 0 unspecified atom stereocenters. The van der Waals surface area contributed by atoms with Crippen molar-refractivity contribution in [2.75, 3.05) is 5.88 Å². The van der Waals surface area contributed by atoms with E-state index >= 15 is 0 Å². The Morgan fingerprint density at radius 3 is 2.88 bits per heavy atom. The minimum atomic E-state index is 0.114. The number of benzene rings is 1. The molecule has 1 heterocycles. The second-order valence-electron chi connectivity index (χ2n) is 4.14.